The zero-order valence-electron chi connectivity index (χ0n) is 24.2. The Morgan fingerprint density at radius 3 is 1.60 bits per heavy atom. The van der Waals surface area contributed by atoms with Gasteiger partial charge >= 0.3 is 0 Å². The van der Waals surface area contributed by atoms with E-state index in [-0.39, 0.29) is 23.7 Å². The molecule has 0 saturated heterocycles. The summed E-state index contributed by atoms with van der Waals surface area (Å²) in [6.45, 7) is 0. The Morgan fingerprint density at radius 2 is 1.06 bits per heavy atom. The highest BCUT2D eigenvalue weighted by Crippen LogP contribution is 2.18. The van der Waals surface area contributed by atoms with Crippen molar-refractivity contribution < 1.29 is 8.78 Å². The van der Waals surface area contributed by atoms with Gasteiger partial charge in [0.15, 0.2) is 27.2 Å². The highest BCUT2D eigenvalue weighted by molar-refractivity contribution is 9.11. The lowest BCUT2D eigenvalue weighted by Gasteiger charge is -2.04. The maximum atomic E-state index is 13.6. The van der Waals surface area contributed by atoms with E-state index in [0.29, 0.717) is 55.1 Å². The lowest BCUT2D eigenvalue weighted by Crippen LogP contribution is -2.03. The van der Waals surface area contributed by atoms with Gasteiger partial charge in [-0.05, 0) is 71.0 Å². The van der Waals surface area contributed by atoms with Crippen LogP contribution in [-0.2, 0) is 12.8 Å². The summed E-state index contributed by atoms with van der Waals surface area (Å²) in [6, 6.07) is 15.1. The molecule has 0 fully saturated rings. The van der Waals surface area contributed by atoms with Crippen molar-refractivity contribution in [3.63, 3.8) is 0 Å². The Balaban J connectivity index is 0.000000130. The number of nitriles is 1. The molecule has 0 unspecified atom stereocenters. The Morgan fingerprint density at radius 1 is 0.604 bits per heavy atom. The number of aromatic nitrogens is 12. The number of nitrogens with zero attached hydrogens (tertiary/aromatic N) is 13. The van der Waals surface area contributed by atoms with Gasteiger partial charge in [0, 0.05) is 12.8 Å². The first-order valence-corrected chi connectivity index (χ1v) is 16.1. The minimum absolute atomic E-state index is 0.226. The minimum atomic E-state index is -0.302. The normalized spacial score (nSPS) is 10.8. The smallest absolute Gasteiger partial charge is 0.188 e. The molecule has 0 atom stereocenters. The average Bonchev–Trinajstić information content (AvgIpc) is 3.85. The van der Waals surface area contributed by atoms with E-state index in [1.807, 2.05) is 6.07 Å². The van der Waals surface area contributed by atoms with E-state index in [0.717, 1.165) is 4.60 Å². The van der Waals surface area contributed by atoms with E-state index in [4.69, 9.17) is 5.26 Å². The van der Waals surface area contributed by atoms with Gasteiger partial charge in [0.2, 0.25) is 0 Å². The van der Waals surface area contributed by atoms with Crippen LogP contribution in [0.15, 0.2) is 99.9 Å². The lowest BCUT2D eigenvalue weighted by molar-refractivity contribution is 0.613. The third kappa shape index (κ3) is 7.54. The number of hydrogen-bond acceptors (Lipinski definition) is 10. The molecule has 0 aliphatic carbocycles. The zero-order valence-corrected chi connectivity index (χ0v) is 29.0. The standard InChI is InChI=1S/C13H8FN5.C12H8BrFN4.C5H2Br2N4/c14-11-4-2-1-3-9(11)5-12-13-16-8-17-19(13)7-10(6-15)18-12;13-11-6-18-12(15-7-16-18)10(17-11)5-8-3-1-2-4-9(8)14;6-3-1-11-5(4(7)10-3)8-2-9-11/h1-4,7-8H,5H2;1-4,6-7H,5H2;1-2H. The van der Waals surface area contributed by atoms with Crippen LogP contribution in [0, 0.1) is 23.0 Å². The zero-order chi connectivity index (χ0) is 33.6. The van der Waals surface area contributed by atoms with Crippen LogP contribution in [0.25, 0.3) is 16.9 Å². The Kier molecular flexibility index (Phi) is 10.1. The Labute approximate surface area is 294 Å². The van der Waals surface area contributed by atoms with E-state index >= 15 is 0 Å². The molecule has 2 aromatic carbocycles. The summed E-state index contributed by atoms with van der Waals surface area (Å²) < 4.78 is 34.1. The number of hydrogen-bond donors (Lipinski definition) is 0. The van der Waals surface area contributed by atoms with Crippen molar-refractivity contribution in [1.82, 2.24) is 58.7 Å². The summed E-state index contributed by atoms with van der Waals surface area (Å²) in [6.07, 6.45) is 9.91. The van der Waals surface area contributed by atoms with Crippen molar-refractivity contribution in [1.29, 1.82) is 5.26 Å². The summed E-state index contributed by atoms with van der Waals surface area (Å²) in [5.41, 5.74) is 4.43. The van der Waals surface area contributed by atoms with Gasteiger partial charge in [0.05, 0.1) is 30.0 Å². The first-order chi connectivity index (χ1) is 23.3. The third-order valence-electron chi connectivity index (χ3n) is 6.57. The minimum Gasteiger partial charge on any atom is -0.240 e. The molecule has 0 radical (unpaired) electrons. The van der Waals surface area contributed by atoms with Crippen LogP contribution in [0.2, 0.25) is 0 Å². The maximum Gasteiger partial charge on any atom is 0.188 e. The second-order valence-electron chi connectivity index (χ2n) is 9.67. The van der Waals surface area contributed by atoms with Crippen LogP contribution < -0.4 is 0 Å². The third-order valence-corrected chi connectivity index (χ3v) is 7.87. The van der Waals surface area contributed by atoms with Gasteiger partial charge in [-0.1, -0.05) is 36.4 Å². The molecule has 48 heavy (non-hydrogen) atoms. The van der Waals surface area contributed by atoms with Gasteiger partial charge in [-0.25, -0.2) is 52.2 Å². The quantitative estimate of drug-likeness (QED) is 0.207. The number of rotatable bonds is 4. The van der Waals surface area contributed by atoms with Gasteiger partial charge in [0.1, 0.15) is 45.9 Å². The van der Waals surface area contributed by atoms with Crippen LogP contribution in [0.1, 0.15) is 28.2 Å². The van der Waals surface area contributed by atoms with Crippen molar-refractivity contribution in [2.75, 3.05) is 0 Å². The van der Waals surface area contributed by atoms with Gasteiger partial charge < -0.3 is 0 Å². The van der Waals surface area contributed by atoms with E-state index < -0.39 is 0 Å². The molecule has 8 rings (SSSR count). The fourth-order valence-corrected chi connectivity index (χ4v) is 5.94. The predicted molar refractivity (Wildman–Crippen MR) is 179 cm³/mol. The summed E-state index contributed by atoms with van der Waals surface area (Å²) in [5.74, 6) is -0.540. The molecule has 0 spiro atoms. The number of benzene rings is 2. The number of halogens is 5. The van der Waals surface area contributed by atoms with Crippen LogP contribution >= 0.6 is 47.8 Å². The van der Waals surface area contributed by atoms with E-state index in [9.17, 15) is 8.78 Å². The molecule has 0 amide bonds. The summed E-state index contributed by atoms with van der Waals surface area (Å²) >= 11 is 9.81. The SMILES string of the molecule is Brc1cn2ncnc2c(Br)n1.Fc1ccccc1Cc1nc(Br)cn2ncnc12.N#Cc1cn2ncnc2c(Cc2ccccc2F)n1. The monoisotopic (exact) mass is 835 g/mol. The van der Waals surface area contributed by atoms with Gasteiger partial charge in [-0.2, -0.15) is 20.6 Å². The average molecular weight is 838 g/mol. The molecule has 8 aromatic rings. The van der Waals surface area contributed by atoms with Crippen LogP contribution in [-0.4, -0.2) is 58.7 Å². The van der Waals surface area contributed by atoms with Crippen molar-refractivity contribution in [2.45, 2.75) is 12.8 Å². The molecule has 0 N–H and O–H groups in total. The van der Waals surface area contributed by atoms with Crippen molar-refractivity contribution >= 4 is 64.7 Å². The maximum absolute atomic E-state index is 13.6. The van der Waals surface area contributed by atoms with Crippen LogP contribution in [0.5, 0.6) is 0 Å². The molecular formula is C30H18Br3F2N13. The number of fused-ring (bicyclic) bond motifs is 3. The van der Waals surface area contributed by atoms with Crippen molar-refractivity contribution in [3.05, 3.63) is 140 Å². The lowest BCUT2D eigenvalue weighted by atomic mass is 10.1. The highest BCUT2D eigenvalue weighted by Gasteiger charge is 2.12. The molecule has 6 aromatic heterocycles. The molecule has 238 valence electrons. The van der Waals surface area contributed by atoms with Crippen molar-refractivity contribution in [3.8, 4) is 6.07 Å². The molecule has 0 saturated carbocycles. The van der Waals surface area contributed by atoms with Crippen LogP contribution in [0.4, 0.5) is 8.78 Å². The van der Waals surface area contributed by atoms with Gasteiger partial charge in [0.25, 0.3) is 0 Å². The predicted octanol–water partition coefficient (Wildman–Crippen LogP) is 5.99. The largest absolute Gasteiger partial charge is 0.240 e. The first kappa shape index (κ1) is 32.8. The second kappa shape index (κ2) is 14.8. The van der Waals surface area contributed by atoms with Gasteiger partial charge in [-0.3, -0.25) is 0 Å². The Bertz CT molecular complexity index is 2420. The highest BCUT2D eigenvalue weighted by atomic mass is 79.9. The molecule has 0 aliphatic rings. The van der Waals surface area contributed by atoms with E-state index in [1.165, 1.54) is 41.8 Å². The molecule has 18 heteroatoms. The van der Waals surface area contributed by atoms with Gasteiger partial charge in [-0.15, -0.1) is 0 Å². The van der Waals surface area contributed by atoms with E-state index in [2.05, 4.69) is 93.0 Å². The Hall–Kier alpha value is -5.12. The molecule has 13 nitrogen and oxygen atoms in total. The summed E-state index contributed by atoms with van der Waals surface area (Å²) in [7, 11) is 0. The van der Waals surface area contributed by atoms with Crippen molar-refractivity contribution in [2.24, 2.45) is 0 Å². The molecular weight excluding hydrogens is 820 g/mol. The molecule has 0 aliphatic heterocycles. The molecule has 0 bridgehead atoms. The second-order valence-corrected chi connectivity index (χ2v) is 12.0. The first-order valence-electron chi connectivity index (χ1n) is 13.7. The topological polar surface area (TPSA) is 153 Å². The van der Waals surface area contributed by atoms with Crippen LogP contribution in [0.3, 0.4) is 0 Å². The fraction of sp³-hybridized carbons (Fsp3) is 0.0667. The fourth-order valence-electron chi connectivity index (χ4n) is 4.45. The summed E-state index contributed by atoms with van der Waals surface area (Å²) in [5, 5.41) is 20.9. The van der Waals surface area contributed by atoms with E-state index in [1.54, 1.807) is 57.8 Å². The summed E-state index contributed by atoms with van der Waals surface area (Å²) in [4.78, 5) is 24.8. The molecule has 6 heterocycles.